The summed E-state index contributed by atoms with van der Waals surface area (Å²) in [6.45, 7) is 8.00. The van der Waals surface area contributed by atoms with Crippen LogP contribution in [0.15, 0.2) is 36.4 Å². The molecular weight excluding hydrogens is 592 g/mol. The summed E-state index contributed by atoms with van der Waals surface area (Å²) in [6.07, 6.45) is 5.26. The van der Waals surface area contributed by atoms with Gasteiger partial charge in [0.05, 0.1) is 6.54 Å². The standard InChI is InChI=1S/C34H46N4O8/c1-21-18-37(19-22-12-10-11-14-25(21)22)32(44)45-24-16-27-28(39)36-34(30(41)42)17-23(34)13-8-6-5-7-9-15-26(29(40)38(27)20-24)35-31(43)46-33(2,3)4/h8,10-14,21,23-24,26-27H,5-7,9,15-20H2,1-4H3,(H,35,43)(H,36,39)(H,41,42)/b13-8-/t21-,23+,24-,26+,27+,34-/m1/s1. The third-order valence-corrected chi connectivity index (χ3v) is 9.28. The number of ether oxygens (including phenoxy) is 2. The van der Waals surface area contributed by atoms with Crippen molar-refractivity contribution in [2.24, 2.45) is 5.92 Å². The van der Waals surface area contributed by atoms with Gasteiger partial charge in [-0.15, -0.1) is 0 Å². The molecule has 6 atom stereocenters. The number of alkyl carbamates (subject to hydrolysis) is 1. The van der Waals surface area contributed by atoms with Crippen LogP contribution in [0.4, 0.5) is 9.59 Å². The van der Waals surface area contributed by atoms with E-state index in [2.05, 4.69) is 16.7 Å². The molecule has 3 N–H and O–H groups in total. The highest BCUT2D eigenvalue weighted by atomic mass is 16.6. The summed E-state index contributed by atoms with van der Waals surface area (Å²) in [5, 5.41) is 15.5. The Labute approximate surface area is 269 Å². The molecule has 0 aromatic heterocycles. The van der Waals surface area contributed by atoms with E-state index < -0.39 is 59.3 Å². The minimum absolute atomic E-state index is 0.00133. The molecular formula is C34H46N4O8. The number of carboxylic acid groups (broad SMARTS) is 1. The topological polar surface area (TPSA) is 155 Å². The second kappa shape index (κ2) is 13.3. The molecule has 12 heteroatoms. The van der Waals surface area contributed by atoms with Gasteiger partial charge < -0.3 is 35.0 Å². The van der Waals surface area contributed by atoms with E-state index in [9.17, 15) is 29.1 Å². The van der Waals surface area contributed by atoms with Crippen molar-refractivity contribution in [3.8, 4) is 0 Å². The van der Waals surface area contributed by atoms with Crippen LogP contribution in [0, 0.1) is 5.92 Å². The van der Waals surface area contributed by atoms with Crippen molar-refractivity contribution in [1.29, 1.82) is 0 Å². The second-order valence-electron chi connectivity index (χ2n) is 14.1. The molecule has 46 heavy (non-hydrogen) atoms. The Bertz CT molecular complexity index is 1390. The molecule has 2 fully saturated rings. The lowest BCUT2D eigenvalue weighted by Gasteiger charge is -2.33. The zero-order valence-corrected chi connectivity index (χ0v) is 27.1. The zero-order chi connectivity index (χ0) is 33.2. The smallest absolute Gasteiger partial charge is 0.410 e. The molecule has 0 unspecified atom stereocenters. The number of nitrogens with one attached hydrogen (secondary N) is 2. The van der Waals surface area contributed by atoms with E-state index >= 15 is 0 Å². The lowest BCUT2D eigenvalue weighted by Crippen LogP contribution is -2.56. The van der Waals surface area contributed by atoms with Crippen molar-refractivity contribution in [3.05, 3.63) is 47.5 Å². The van der Waals surface area contributed by atoms with Crippen molar-refractivity contribution in [2.45, 2.75) is 114 Å². The number of rotatable bonds is 3. The zero-order valence-electron chi connectivity index (χ0n) is 27.1. The van der Waals surface area contributed by atoms with Crippen LogP contribution in [-0.4, -0.2) is 87.3 Å². The molecule has 0 radical (unpaired) electrons. The van der Waals surface area contributed by atoms with Gasteiger partial charge in [-0.2, -0.15) is 0 Å². The maximum absolute atomic E-state index is 14.1. The van der Waals surface area contributed by atoms with Gasteiger partial charge in [0, 0.05) is 25.4 Å². The van der Waals surface area contributed by atoms with Gasteiger partial charge in [-0.3, -0.25) is 9.59 Å². The molecule has 1 aromatic rings. The normalized spacial score (nSPS) is 30.7. The molecule has 0 spiro atoms. The minimum Gasteiger partial charge on any atom is -0.479 e. The number of allylic oxidation sites excluding steroid dienone is 1. The van der Waals surface area contributed by atoms with E-state index in [0.717, 1.165) is 24.8 Å². The van der Waals surface area contributed by atoms with Crippen molar-refractivity contribution in [1.82, 2.24) is 20.4 Å². The summed E-state index contributed by atoms with van der Waals surface area (Å²) in [5.74, 6) is -2.52. The number of fused-ring (bicyclic) bond motifs is 3. The summed E-state index contributed by atoms with van der Waals surface area (Å²) in [7, 11) is 0. The van der Waals surface area contributed by atoms with Crippen LogP contribution in [0.1, 0.15) is 89.7 Å². The first-order chi connectivity index (χ1) is 21.8. The van der Waals surface area contributed by atoms with Crippen LogP contribution in [0.2, 0.25) is 0 Å². The van der Waals surface area contributed by atoms with Gasteiger partial charge in [0.2, 0.25) is 11.8 Å². The second-order valence-corrected chi connectivity index (χ2v) is 14.1. The van der Waals surface area contributed by atoms with Crippen molar-refractivity contribution in [2.75, 3.05) is 13.1 Å². The third kappa shape index (κ3) is 7.47. The maximum Gasteiger partial charge on any atom is 0.410 e. The van der Waals surface area contributed by atoms with Gasteiger partial charge in [-0.1, -0.05) is 56.2 Å². The highest BCUT2D eigenvalue weighted by Gasteiger charge is 2.61. The number of carbonyl (C=O) groups is 5. The number of carbonyl (C=O) groups excluding carboxylic acids is 4. The molecule has 3 aliphatic heterocycles. The average molecular weight is 639 g/mol. The number of amides is 4. The summed E-state index contributed by atoms with van der Waals surface area (Å²) in [5.41, 5.74) is -0.0184. The number of hydrogen-bond donors (Lipinski definition) is 3. The van der Waals surface area contributed by atoms with E-state index in [0.29, 0.717) is 25.9 Å². The highest BCUT2D eigenvalue weighted by molar-refractivity contribution is 5.96. The number of carboxylic acids is 1. The molecule has 1 aliphatic carbocycles. The maximum atomic E-state index is 14.1. The van der Waals surface area contributed by atoms with Crippen LogP contribution >= 0.6 is 0 Å². The number of hydrogen-bond acceptors (Lipinski definition) is 7. The van der Waals surface area contributed by atoms with Gasteiger partial charge in [0.15, 0.2) is 0 Å². The Balaban J connectivity index is 1.37. The molecule has 5 rings (SSSR count). The fourth-order valence-corrected chi connectivity index (χ4v) is 6.81. The molecule has 250 valence electrons. The quantitative estimate of drug-likeness (QED) is 0.419. The van der Waals surface area contributed by atoms with Crippen molar-refractivity contribution in [3.63, 3.8) is 0 Å². The Morgan fingerprint density at radius 1 is 1.09 bits per heavy atom. The monoisotopic (exact) mass is 638 g/mol. The van der Waals surface area contributed by atoms with Crippen LogP contribution < -0.4 is 10.6 Å². The summed E-state index contributed by atoms with van der Waals surface area (Å²) in [4.78, 5) is 69.4. The Morgan fingerprint density at radius 3 is 2.59 bits per heavy atom. The molecule has 3 heterocycles. The van der Waals surface area contributed by atoms with E-state index in [1.54, 1.807) is 25.7 Å². The Kier molecular flexibility index (Phi) is 9.65. The lowest BCUT2D eigenvalue weighted by molar-refractivity contribution is -0.145. The first-order valence-electron chi connectivity index (χ1n) is 16.3. The fraction of sp³-hybridized carbons (Fsp3) is 0.618. The first kappa shape index (κ1) is 33.3. The molecule has 1 saturated heterocycles. The number of benzene rings is 1. The Hall–Kier alpha value is -4.09. The molecule has 0 bridgehead atoms. The van der Waals surface area contributed by atoms with Crippen molar-refractivity contribution < 1.29 is 38.6 Å². The van der Waals surface area contributed by atoms with Gasteiger partial charge in [0.25, 0.3) is 0 Å². The van der Waals surface area contributed by atoms with Crippen molar-refractivity contribution >= 4 is 30.0 Å². The first-order valence-corrected chi connectivity index (χ1v) is 16.3. The van der Waals surface area contributed by atoms with Crippen LogP contribution in [0.25, 0.3) is 0 Å². The molecule has 12 nitrogen and oxygen atoms in total. The lowest BCUT2D eigenvalue weighted by atomic mass is 9.91. The van der Waals surface area contributed by atoms with Crippen LogP contribution in [0.3, 0.4) is 0 Å². The predicted octanol–water partition coefficient (Wildman–Crippen LogP) is 4.08. The van der Waals surface area contributed by atoms with Gasteiger partial charge in [-0.05, 0) is 63.5 Å². The minimum atomic E-state index is -1.46. The third-order valence-electron chi connectivity index (χ3n) is 9.28. The number of nitrogens with zero attached hydrogens (tertiary/aromatic N) is 2. The SMILES string of the molecule is C[C@@H]1CN(C(=O)O[C@@H]2C[C@H]3C(=O)N[C@]4(C(=O)O)C[C@@H]4/C=C\CCCCC[C@H](NC(=O)OC(C)(C)C)C(=O)N3C2)Cc2ccccc21. The fourth-order valence-electron chi connectivity index (χ4n) is 6.81. The van der Waals surface area contributed by atoms with Crippen LogP contribution in [-0.2, 0) is 30.4 Å². The molecule has 1 saturated carbocycles. The molecule has 1 aromatic carbocycles. The van der Waals surface area contributed by atoms with E-state index in [1.165, 1.54) is 10.5 Å². The van der Waals surface area contributed by atoms with E-state index in [1.807, 2.05) is 37.3 Å². The molecule has 4 amide bonds. The van der Waals surface area contributed by atoms with Gasteiger partial charge >= 0.3 is 18.2 Å². The van der Waals surface area contributed by atoms with E-state index in [4.69, 9.17) is 9.47 Å². The molecule has 4 aliphatic rings. The largest absolute Gasteiger partial charge is 0.479 e. The predicted molar refractivity (Wildman–Crippen MR) is 168 cm³/mol. The van der Waals surface area contributed by atoms with Gasteiger partial charge in [-0.25, -0.2) is 14.4 Å². The summed E-state index contributed by atoms with van der Waals surface area (Å²) in [6, 6.07) is 5.86. The summed E-state index contributed by atoms with van der Waals surface area (Å²) >= 11 is 0. The van der Waals surface area contributed by atoms with Gasteiger partial charge in [0.1, 0.15) is 29.3 Å². The van der Waals surface area contributed by atoms with E-state index in [-0.39, 0.29) is 31.2 Å². The summed E-state index contributed by atoms with van der Waals surface area (Å²) < 4.78 is 11.3. The average Bonchev–Trinajstić information content (AvgIpc) is 3.52. The Morgan fingerprint density at radius 2 is 1.85 bits per heavy atom. The number of aliphatic carboxylic acids is 1. The highest BCUT2D eigenvalue weighted by Crippen LogP contribution is 2.45. The van der Waals surface area contributed by atoms with Crippen LogP contribution in [0.5, 0.6) is 0 Å².